The van der Waals surface area contributed by atoms with Crippen molar-refractivity contribution >= 4 is 21.8 Å². The monoisotopic (exact) mass is 317 g/mol. The second kappa shape index (κ2) is 5.77. The van der Waals surface area contributed by atoms with Crippen LogP contribution >= 0.6 is 0 Å². The highest BCUT2D eigenvalue weighted by molar-refractivity contribution is 7.71. The number of benzene rings is 1. The van der Waals surface area contributed by atoms with Gasteiger partial charge in [-0.2, -0.15) is 0 Å². The summed E-state index contributed by atoms with van der Waals surface area (Å²) >= 11 is 1.41. The molecule has 0 heterocycles. The molecule has 1 unspecified atom stereocenters. The summed E-state index contributed by atoms with van der Waals surface area (Å²) in [6.07, 6.45) is 1.88. The fourth-order valence-corrected chi connectivity index (χ4v) is 3.88. The van der Waals surface area contributed by atoms with Crippen LogP contribution in [-0.2, 0) is 17.6 Å². The van der Waals surface area contributed by atoms with E-state index in [1.54, 1.807) is 0 Å². The van der Waals surface area contributed by atoms with Crippen molar-refractivity contribution in [2.45, 2.75) is 66.8 Å². The Kier molecular flexibility index (Phi) is 4.49. The summed E-state index contributed by atoms with van der Waals surface area (Å²) in [5.74, 6) is 0.185. The van der Waals surface area contributed by atoms with Gasteiger partial charge in [0.25, 0.3) is 0 Å². The Bertz CT molecular complexity index is 690. The van der Waals surface area contributed by atoms with Crippen molar-refractivity contribution in [1.82, 2.24) is 0 Å². The van der Waals surface area contributed by atoms with Crippen LogP contribution in [-0.4, -0.2) is 16.2 Å². The molecule has 120 valence electrons. The maximum Gasteiger partial charge on any atom is 0.201 e. The zero-order valence-corrected chi connectivity index (χ0v) is 15.6. The van der Waals surface area contributed by atoms with E-state index in [9.17, 15) is 4.79 Å². The minimum atomic E-state index is -0.144. The minimum absolute atomic E-state index is 0.109. The van der Waals surface area contributed by atoms with Gasteiger partial charge in [0.05, 0.1) is 10.4 Å². The smallest absolute Gasteiger partial charge is 0.201 e. The van der Waals surface area contributed by atoms with Gasteiger partial charge in [0.2, 0.25) is 5.78 Å². The van der Waals surface area contributed by atoms with Gasteiger partial charge in [-0.25, -0.2) is 4.36 Å². The number of aryl methyl sites for hydroxylation is 2. The summed E-state index contributed by atoms with van der Waals surface area (Å²) in [4.78, 5) is 14.1. The van der Waals surface area contributed by atoms with Crippen LogP contribution in [0.4, 0.5) is 0 Å². The van der Waals surface area contributed by atoms with Crippen LogP contribution < -0.4 is 0 Å². The van der Waals surface area contributed by atoms with E-state index in [1.165, 1.54) is 22.3 Å². The first-order chi connectivity index (χ1) is 10.1. The fraction of sp³-hybridized carbons (Fsp3) is 0.579. The van der Waals surface area contributed by atoms with E-state index in [1.807, 2.05) is 6.92 Å². The van der Waals surface area contributed by atoms with Gasteiger partial charge in [-0.05, 0) is 75.3 Å². The quantitative estimate of drug-likeness (QED) is 0.691. The molecular weight excluding hydrogens is 290 g/mol. The van der Waals surface area contributed by atoms with E-state index < -0.39 is 0 Å². The van der Waals surface area contributed by atoms with Gasteiger partial charge < -0.3 is 0 Å². The third kappa shape index (κ3) is 3.10. The Morgan fingerprint density at radius 1 is 1.23 bits per heavy atom. The molecule has 0 saturated carbocycles. The molecule has 0 bridgehead atoms. The largest absolute Gasteiger partial charge is 0.288 e. The first-order valence-electron chi connectivity index (χ1n) is 7.99. The van der Waals surface area contributed by atoms with Crippen LogP contribution in [0.15, 0.2) is 16.5 Å². The maximum atomic E-state index is 13.2. The third-order valence-corrected chi connectivity index (χ3v) is 5.99. The third-order valence-electron chi connectivity index (χ3n) is 4.49. The van der Waals surface area contributed by atoms with Gasteiger partial charge in [0.15, 0.2) is 0 Å². The molecule has 0 amide bonds. The molecule has 1 aromatic rings. The molecule has 1 aliphatic carbocycles. The van der Waals surface area contributed by atoms with Crippen molar-refractivity contribution < 1.29 is 4.79 Å². The summed E-state index contributed by atoms with van der Waals surface area (Å²) in [5, 5.41) is 0. The average Bonchev–Trinajstić information content (AvgIpc) is 2.41. The number of Topliss-reactive ketones (excluding diaryl/α,β-unsaturated/α-hetero) is 1. The summed E-state index contributed by atoms with van der Waals surface area (Å²) < 4.78 is 4.66. The van der Waals surface area contributed by atoms with Crippen LogP contribution in [0.5, 0.6) is 0 Å². The molecule has 2 rings (SSSR count). The molecule has 0 aliphatic heterocycles. The summed E-state index contributed by atoms with van der Waals surface area (Å²) in [5.41, 5.74) is 4.20. The maximum absolute atomic E-state index is 13.2. The summed E-state index contributed by atoms with van der Waals surface area (Å²) in [6.45, 7) is 14.7. The van der Waals surface area contributed by atoms with Gasteiger partial charge in [0, 0.05) is 11.0 Å². The highest BCUT2D eigenvalue weighted by Crippen LogP contribution is 2.38. The topological polar surface area (TPSA) is 29.4 Å². The van der Waals surface area contributed by atoms with Crippen LogP contribution in [0.25, 0.3) is 0 Å². The number of rotatable bonds is 1. The SMILES string of the molecule is CCC1(C)Cc2c(C)ccc(C)c2C(=O)C1=S=NC(C)(C)C. The predicted molar refractivity (Wildman–Crippen MR) is 96.9 cm³/mol. The Balaban J connectivity index is 2.73. The van der Waals surface area contributed by atoms with E-state index in [4.69, 9.17) is 0 Å². The lowest BCUT2D eigenvalue weighted by Gasteiger charge is -2.35. The lowest BCUT2D eigenvalue weighted by atomic mass is 9.69. The predicted octanol–water partition coefficient (Wildman–Crippen LogP) is 4.70. The molecule has 0 radical (unpaired) electrons. The zero-order chi connectivity index (χ0) is 16.7. The van der Waals surface area contributed by atoms with Crippen molar-refractivity contribution in [3.63, 3.8) is 0 Å². The minimum Gasteiger partial charge on any atom is -0.288 e. The van der Waals surface area contributed by atoms with E-state index in [-0.39, 0.29) is 16.7 Å². The molecule has 0 aromatic heterocycles. The summed E-state index contributed by atoms with van der Waals surface area (Å²) in [7, 11) is 0. The molecule has 0 spiro atoms. The van der Waals surface area contributed by atoms with E-state index in [2.05, 4.69) is 58.0 Å². The molecule has 2 nitrogen and oxygen atoms in total. The van der Waals surface area contributed by atoms with Gasteiger partial charge in [-0.1, -0.05) is 26.0 Å². The van der Waals surface area contributed by atoms with Gasteiger partial charge in [0.1, 0.15) is 0 Å². The van der Waals surface area contributed by atoms with Crippen LogP contribution in [0.2, 0.25) is 0 Å². The number of ketones is 1. The molecule has 1 atom stereocenters. The van der Waals surface area contributed by atoms with E-state index >= 15 is 0 Å². The number of fused-ring (bicyclic) bond motifs is 1. The van der Waals surface area contributed by atoms with Crippen molar-refractivity contribution in [2.75, 3.05) is 0 Å². The number of nitrogens with zero attached hydrogens (tertiary/aromatic N) is 1. The Morgan fingerprint density at radius 3 is 2.36 bits per heavy atom. The van der Waals surface area contributed by atoms with Crippen molar-refractivity contribution in [3.05, 3.63) is 34.4 Å². The molecule has 0 saturated heterocycles. The normalized spacial score (nSPS) is 21.6. The molecule has 22 heavy (non-hydrogen) atoms. The van der Waals surface area contributed by atoms with Crippen LogP contribution in [0.3, 0.4) is 0 Å². The first-order valence-corrected chi connectivity index (χ1v) is 8.77. The Morgan fingerprint density at radius 2 is 1.82 bits per heavy atom. The zero-order valence-electron chi connectivity index (χ0n) is 14.8. The standard InChI is InChI=1S/C19H27NOS/c1-8-19(7)11-14-12(2)9-10-13(3)15(14)16(21)17(19)22-20-18(4,5)6/h9-10H,8,11H2,1-7H3. The van der Waals surface area contributed by atoms with E-state index in [0.29, 0.717) is 0 Å². The molecular formula is C19H27NOS. The van der Waals surface area contributed by atoms with Crippen LogP contribution in [0, 0.1) is 19.3 Å². The number of hydrogen-bond acceptors (Lipinski definition) is 2. The fourth-order valence-electron chi connectivity index (χ4n) is 2.89. The second-order valence-electron chi connectivity index (χ2n) is 7.66. The average molecular weight is 317 g/mol. The summed E-state index contributed by atoms with van der Waals surface area (Å²) in [6, 6.07) is 4.19. The molecule has 1 aliphatic rings. The van der Waals surface area contributed by atoms with Gasteiger partial charge >= 0.3 is 0 Å². The molecule has 0 fully saturated rings. The number of carbonyl (C=O) groups excluding carboxylic acids is 1. The lowest BCUT2D eigenvalue weighted by Crippen LogP contribution is -2.41. The highest BCUT2D eigenvalue weighted by Gasteiger charge is 2.40. The highest BCUT2D eigenvalue weighted by atomic mass is 32.1. The number of carbonyl (C=O) groups is 1. The van der Waals surface area contributed by atoms with Crippen molar-refractivity contribution in [2.24, 2.45) is 9.78 Å². The van der Waals surface area contributed by atoms with Gasteiger partial charge in [-0.15, -0.1) is 0 Å². The Labute approximate surface area is 138 Å². The van der Waals surface area contributed by atoms with Gasteiger partial charge in [-0.3, -0.25) is 4.79 Å². The molecule has 0 N–H and O–H groups in total. The van der Waals surface area contributed by atoms with Crippen LogP contribution in [0.1, 0.15) is 68.1 Å². The molecule has 3 heteroatoms. The first kappa shape index (κ1) is 17.1. The Hall–Kier alpha value is -1.22. The van der Waals surface area contributed by atoms with Crippen molar-refractivity contribution in [3.8, 4) is 0 Å². The second-order valence-corrected chi connectivity index (χ2v) is 8.43. The lowest BCUT2D eigenvalue weighted by molar-refractivity contribution is 0.104. The molecule has 1 aromatic carbocycles. The van der Waals surface area contributed by atoms with E-state index in [0.717, 1.165) is 28.8 Å². The number of hydrogen-bond donors (Lipinski definition) is 0. The van der Waals surface area contributed by atoms with Crippen molar-refractivity contribution in [1.29, 1.82) is 0 Å².